The van der Waals surface area contributed by atoms with E-state index in [9.17, 15) is 9.59 Å². The van der Waals surface area contributed by atoms with E-state index in [2.05, 4.69) is 5.32 Å². The molecule has 1 aromatic heterocycles. The van der Waals surface area contributed by atoms with Crippen molar-refractivity contribution in [2.24, 2.45) is 0 Å². The number of hydrogen-bond donors (Lipinski definition) is 1. The monoisotopic (exact) mass is 420 g/mol. The average Bonchev–Trinajstić information content (AvgIpc) is 3.10. The lowest BCUT2D eigenvalue weighted by Gasteiger charge is -2.13. The maximum atomic E-state index is 12.5. The summed E-state index contributed by atoms with van der Waals surface area (Å²) in [6.07, 6.45) is 0.267. The molecule has 0 spiro atoms. The van der Waals surface area contributed by atoms with Gasteiger partial charge < -0.3 is 19.4 Å². The van der Waals surface area contributed by atoms with Gasteiger partial charge in [-0.05, 0) is 56.7 Å². The number of anilines is 1. The van der Waals surface area contributed by atoms with Gasteiger partial charge in [0.15, 0.2) is 0 Å². The number of benzene rings is 2. The molecule has 162 valence electrons. The summed E-state index contributed by atoms with van der Waals surface area (Å²) in [5.41, 5.74) is 5.04. The molecule has 0 bridgehead atoms. The Morgan fingerprint density at radius 3 is 2.29 bits per heavy atom. The Hall–Kier alpha value is -3.54. The van der Waals surface area contributed by atoms with Crippen LogP contribution in [0.2, 0.25) is 0 Å². The zero-order valence-electron chi connectivity index (χ0n) is 18.4. The van der Waals surface area contributed by atoms with Crippen molar-refractivity contribution >= 4 is 17.6 Å². The molecule has 6 nitrogen and oxygen atoms in total. The van der Waals surface area contributed by atoms with Crippen LogP contribution in [-0.4, -0.2) is 30.2 Å². The standard InChI is InChI=1S/C25H28N2O4/c1-5-31-25(29)22-16-23(19-8-6-17(2)7-9-19)27(18(22)3)15-14-24(28)26-20-10-12-21(30-4)13-11-20/h6-13,16H,5,14-15H2,1-4H3,(H,26,28). The Kier molecular flexibility index (Phi) is 7.13. The van der Waals surface area contributed by atoms with Crippen LogP contribution in [0.5, 0.6) is 5.75 Å². The molecule has 0 atom stereocenters. The second-order valence-corrected chi connectivity index (χ2v) is 7.29. The Labute approximate surface area is 182 Å². The van der Waals surface area contributed by atoms with Crippen molar-refractivity contribution in [3.8, 4) is 17.0 Å². The van der Waals surface area contributed by atoms with Crippen LogP contribution in [0.1, 0.15) is 35.0 Å². The number of carbonyl (C=O) groups is 2. The number of carbonyl (C=O) groups excluding carboxylic acids is 2. The van der Waals surface area contributed by atoms with Crippen molar-refractivity contribution in [3.05, 3.63) is 71.4 Å². The van der Waals surface area contributed by atoms with Crippen molar-refractivity contribution in [2.75, 3.05) is 19.0 Å². The van der Waals surface area contributed by atoms with Crippen LogP contribution in [0.3, 0.4) is 0 Å². The number of amides is 1. The minimum Gasteiger partial charge on any atom is -0.497 e. The molecule has 3 aromatic rings. The molecule has 1 amide bonds. The van der Waals surface area contributed by atoms with Gasteiger partial charge in [0, 0.05) is 30.0 Å². The van der Waals surface area contributed by atoms with Gasteiger partial charge in [-0.3, -0.25) is 4.79 Å². The molecule has 2 aromatic carbocycles. The highest BCUT2D eigenvalue weighted by molar-refractivity contribution is 5.93. The number of nitrogens with zero attached hydrogens (tertiary/aromatic N) is 1. The summed E-state index contributed by atoms with van der Waals surface area (Å²) in [6, 6.07) is 17.1. The van der Waals surface area contributed by atoms with Gasteiger partial charge in [-0.25, -0.2) is 4.79 Å². The predicted octanol–water partition coefficient (Wildman–Crippen LogP) is 4.99. The Morgan fingerprint density at radius 1 is 1.00 bits per heavy atom. The van der Waals surface area contributed by atoms with Gasteiger partial charge in [-0.1, -0.05) is 29.8 Å². The highest BCUT2D eigenvalue weighted by atomic mass is 16.5. The Balaban J connectivity index is 1.81. The topological polar surface area (TPSA) is 69.6 Å². The summed E-state index contributed by atoms with van der Waals surface area (Å²) in [5.74, 6) is 0.274. The third kappa shape index (κ3) is 5.34. The predicted molar refractivity (Wildman–Crippen MR) is 122 cm³/mol. The number of rotatable bonds is 8. The molecule has 1 heterocycles. The van der Waals surface area contributed by atoms with Gasteiger partial charge in [0.1, 0.15) is 5.75 Å². The van der Waals surface area contributed by atoms with Crippen LogP contribution in [-0.2, 0) is 16.1 Å². The van der Waals surface area contributed by atoms with Crippen LogP contribution in [0.15, 0.2) is 54.6 Å². The molecule has 0 saturated carbocycles. The molecular weight excluding hydrogens is 392 g/mol. The van der Waals surface area contributed by atoms with Gasteiger partial charge in [-0.15, -0.1) is 0 Å². The van der Waals surface area contributed by atoms with E-state index in [-0.39, 0.29) is 18.3 Å². The van der Waals surface area contributed by atoms with E-state index < -0.39 is 0 Å². The first-order valence-corrected chi connectivity index (χ1v) is 10.3. The molecule has 0 radical (unpaired) electrons. The molecule has 6 heteroatoms. The lowest BCUT2D eigenvalue weighted by atomic mass is 10.1. The molecule has 1 N–H and O–H groups in total. The van der Waals surface area contributed by atoms with Crippen molar-refractivity contribution in [3.63, 3.8) is 0 Å². The number of aryl methyl sites for hydroxylation is 1. The number of methoxy groups -OCH3 is 1. The first-order valence-electron chi connectivity index (χ1n) is 10.3. The highest BCUT2D eigenvalue weighted by Gasteiger charge is 2.20. The molecule has 0 unspecified atom stereocenters. The van der Waals surface area contributed by atoms with Gasteiger partial charge in [0.25, 0.3) is 0 Å². The average molecular weight is 421 g/mol. The van der Waals surface area contributed by atoms with E-state index in [4.69, 9.17) is 9.47 Å². The molecule has 0 aliphatic carbocycles. The number of aromatic nitrogens is 1. The molecule has 0 fully saturated rings. The third-order valence-corrected chi connectivity index (χ3v) is 5.15. The van der Waals surface area contributed by atoms with Crippen LogP contribution < -0.4 is 10.1 Å². The number of esters is 1. The summed E-state index contributed by atoms with van der Waals surface area (Å²) in [5, 5.41) is 2.90. The van der Waals surface area contributed by atoms with E-state index in [1.165, 1.54) is 0 Å². The number of ether oxygens (including phenoxy) is 2. The first kappa shape index (κ1) is 22.2. The van der Waals surface area contributed by atoms with Gasteiger partial charge in [0.2, 0.25) is 5.91 Å². The largest absolute Gasteiger partial charge is 0.497 e. The van der Waals surface area contributed by atoms with E-state index in [0.29, 0.717) is 24.4 Å². The fourth-order valence-electron chi connectivity index (χ4n) is 3.42. The summed E-state index contributed by atoms with van der Waals surface area (Å²) in [7, 11) is 1.60. The maximum absolute atomic E-state index is 12.5. The number of hydrogen-bond acceptors (Lipinski definition) is 4. The van der Waals surface area contributed by atoms with Gasteiger partial charge in [0.05, 0.1) is 19.3 Å². The number of nitrogens with one attached hydrogen (secondary N) is 1. The zero-order valence-corrected chi connectivity index (χ0v) is 18.4. The summed E-state index contributed by atoms with van der Waals surface area (Å²) < 4.78 is 12.4. The second kappa shape index (κ2) is 9.98. The molecule has 3 rings (SSSR count). The fourth-order valence-corrected chi connectivity index (χ4v) is 3.42. The summed E-state index contributed by atoms with van der Waals surface area (Å²) >= 11 is 0. The SMILES string of the molecule is CCOC(=O)c1cc(-c2ccc(C)cc2)n(CCC(=O)Nc2ccc(OC)cc2)c1C. The van der Waals surface area contributed by atoms with Crippen LogP contribution in [0, 0.1) is 13.8 Å². The lowest BCUT2D eigenvalue weighted by Crippen LogP contribution is -2.16. The highest BCUT2D eigenvalue weighted by Crippen LogP contribution is 2.27. The molecule has 0 saturated heterocycles. The van der Waals surface area contributed by atoms with Crippen LogP contribution in [0.25, 0.3) is 11.3 Å². The van der Waals surface area contributed by atoms with Gasteiger partial charge >= 0.3 is 5.97 Å². The van der Waals surface area contributed by atoms with E-state index in [1.54, 1.807) is 38.3 Å². The second-order valence-electron chi connectivity index (χ2n) is 7.29. The van der Waals surface area contributed by atoms with Crippen molar-refractivity contribution in [1.29, 1.82) is 0 Å². The van der Waals surface area contributed by atoms with Crippen molar-refractivity contribution in [2.45, 2.75) is 33.7 Å². The van der Waals surface area contributed by atoms with E-state index in [1.807, 2.05) is 48.7 Å². The molecule has 0 aliphatic rings. The summed E-state index contributed by atoms with van der Waals surface area (Å²) in [4.78, 5) is 25.0. The minimum absolute atomic E-state index is 0.106. The molecular formula is C25H28N2O4. The fraction of sp³-hybridized carbons (Fsp3) is 0.280. The lowest BCUT2D eigenvalue weighted by molar-refractivity contribution is -0.116. The van der Waals surface area contributed by atoms with Crippen molar-refractivity contribution < 1.29 is 19.1 Å². The van der Waals surface area contributed by atoms with E-state index >= 15 is 0 Å². The maximum Gasteiger partial charge on any atom is 0.339 e. The van der Waals surface area contributed by atoms with Crippen LogP contribution in [0.4, 0.5) is 5.69 Å². The quantitative estimate of drug-likeness (QED) is 0.522. The van der Waals surface area contributed by atoms with Crippen LogP contribution >= 0.6 is 0 Å². The third-order valence-electron chi connectivity index (χ3n) is 5.15. The molecule has 31 heavy (non-hydrogen) atoms. The summed E-state index contributed by atoms with van der Waals surface area (Å²) in [6.45, 7) is 6.45. The van der Waals surface area contributed by atoms with E-state index in [0.717, 1.165) is 28.3 Å². The Bertz CT molecular complexity index is 1050. The molecule has 0 aliphatic heterocycles. The first-order chi connectivity index (χ1) is 14.9. The van der Waals surface area contributed by atoms with Gasteiger partial charge in [-0.2, -0.15) is 0 Å². The Morgan fingerprint density at radius 2 is 1.68 bits per heavy atom. The minimum atomic E-state index is -0.352. The smallest absolute Gasteiger partial charge is 0.339 e. The van der Waals surface area contributed by atoms with Crippen molar-refractivity contribution in [1.82, 2.24) is 4.57 Å². The normalized spacial score (nSPS) is 10.6. The zero-order chi connectivity index (χ0) is 22.4.